The number of nitrogens with zero attached hydrogens (tertiary/aromatic N) is 3. The van der Waals surface area contributed by atoms with Crippen molar-refractivity contribution in [3.8, 4) is 5.75 Å². The topological polar surface area (TPSA) is 85.6 Å². The van der Waals surface area contributed by atoms with Gasteiger partial charge in [0, 0.05) is 20.0 Å². The second-order valence-corrected chi connectivity index (χ2v) is 6.06. The Hall–Kier alpha value is -2.18. The number of aryl methyl sites for hydroxylation is 1. The predicted octanol–water partition coefficient (Wildman–Crippen LogP) is 2.18. The Kier molecular flexibility index (Phi) is 4.95. The SMILES string of the molecule is Cc1ccc(OCC(=O)N2C[C@H](C)C[C@H](C)C2)c([N+](=O)[O-])n1. The third-order valence-corrected chi connectivity index (χ3v) is 3.72. The number of ether oxygens (including phenoxy) is 1. The summed E-state index contributed by atoms with van der Waals surface area (Å²) in [5.74, 6) is 0.453. The molecule has 1 aromatic rings. The summed E-state index contributed by atoms with van der Waals surface area (Å²) in [6, 6.07) is 3.10. The monoisotopic (exact) mass is 307 g/mol. The van der Waals surface area contributed by atoms with Gasteiger partial charge in [-0.15, -0.1) is 0 Å². The Morgan fingerprint density at radius 1 is 1.41 bits per heavy atom. The van der Waals surface area contributed by atoms with Crippen LogP contribution in [0.3, 0.4) is 0 Å². The molecule has 2 atom stereocenters. The maximum Gasteiger partial charge on any atom is 0.406 e. The number of rotatable bonds is 4. The minimum Gasteiger partial charge on any atom is -0.476 e. The molecule has 7 heteroatoms. The van der Waals surface area contributed by atoms with Crippen LogP contribution >= 0.6 is 0 Å². The number of carbonyl (C=O) groups excluding carboxylic acids is 1. The largest absolute Gasteiger partial charge is 0.476 e. The normalized spacial score (nSPS) is 21.5. The average molecular weight is 307 g/mol. The van der Waals surface area contributed by atoms with Gasteiger partial charge in [-0.1, -0.05) is 13.8 Å². The molecule has 0 aromatic carbocycles. The van der Waals surface area contributed by atoms with E-state index >= 15 is 0 Å². The molecule has 0 radical (unpaired) electrons. The summed E-state index contributed by atoms with van der Waals surface area (Å²) in [7, 11) is 0. The lowest BCUT2D eigenvalue weighted by Gasteiger charge is -2.34. The van der Waals surface area contributed by atoms with E-state index in [9.17, 15) is 14.9 Å². The molecule has 0 bridgehead atoms. The van der Waals surface area contributed by atoms with E-state index in [4.69, 9.17) is 4.74 Å². The Labute approximate surface area is 129 Å². The molecule has 22 heavy (non-hydrogen) atoms. The lowest BCUT2D eigenvalue weighted by Crippen LogP contribution is -2.44. The molecule has 2 heterocycles. The van der Waals surface area contributed by atoms with Gasteiger partial charge in [0.15, 0.2) is 6.61 Å². The Bertz CT molecular complexity index is 566. The van der Waals surface area contributed by atoms with Crippen molar-refractivity contribution < 1.29 is 14.5 Å². The Morgan fingerprint density at radius 3 is 2.64 bits per heavy atom. The van der Waals surface area contributed by atoms with Crippen LogP contribution in [0.2, 0.25) is 0 Å². The third kappa shape index (κ3) is 3.93. The zero-order chi connectivity index (χ0) is 16.3. The summed E-state index contributed by atoms with van der Waals surface area (Å²) >= 11 is 0. The van der Waals surface area contributed by atoms with Crippen LogP contribution in [0.15, 0.2) is 12.1 Å². The summed E-state index contributed by atoms with van der Waals surface area (Å²) < 4.78 is 5.34. The summed E-state index contributed by atoms with van der Waals surface area (Å²) in [4.78, 5) is 28.2. The van der Waals surface area contributed by atoms with Crippen molar-refractivity contribution >= 4 is 11.7 Å². The van der Waals surface area contributed by atoms with Crippen LogP contribution in [-0.2, 0) is 4.79 Å². The molecule has 1 aliphatic rings. The summed E-state index contributed by atoms with van der Waals surface area (Å²) in [6.45, 7) is 7.11. The lowest BCUT2D eigenvalue weighted by molar-refractivity contribution is -0.390. The van der Waals surface area contributed by atoms with Crippen LogP contribution in [0.1, 0.15) is 26.0 Å². The second-order valence-electron chi connectivity index (χ2n) is 6.06. The maximum atomic E-state index is 12.2. The van der Waals surface area contributed by atoms with Gasteiger partial charge in [0.1, 0.15) is 5.69 Å². The molecule has 120 valence electrons. The van der Waals surface area contributed by atoms with Gasteiger partial charge in [-0.2, -0.15) is 0 Å². The Balaban J connectivity index is 2.01. The molecule has 1 aliphatic heterocycles. The number of carbonyl (C=O) groups is 1. The van der Waals surface area contributed by atoms with Crippen molar-refractivity contribution in [2.45, 2.75) is 27.2 Å². The zero-order valence-electron chi connectivity index (χ0n) is 13.1. The van der Waals surface area contributed by atoms with Crippen molar-refractivity contribution in [2.24, 2.45) is 11.8 Å². The van der Waals surface area contributed by atoms with Crippen LogP contribution in [0, 0.1) is 28.9 Å². The highest BCUT2D eigenvalue weighted by molar-refractivity contribution is 5.78. The van der Waals surface area contributed by atoms with Gasteiger partial charge < -0.3 is 19.8 Å². The third-order valence-electron chi connectivity index (χ3n) is 3.72. The number of pyridine rings is 1. The van der Waals surface area contributed by atoms with Crippen LogP contribution < -0.4 is 4.74 Å². The molecule has 1 amide bonds. The molecule has 1 fully saturated rings. The summed E-state index contributed by atoms with van der Waals surface area (Å²) in [5.41, 5.74) is 0.532. The number of hydrogen-bond donors (Lipinski definition) is 0. The van der Waals surface area contributed by atoms with Gasteiger partial charge in [0.05, 0.1) is 0 Å². The van der Waals surface area contributed by atoms with E-state index in [1.165, 1.54) is 6.07 Å². The standard InChI is InChI=1S/C15H21N3O4/c1-10-6-11(2)8-17(7-10)14(19)9-22-13-5-4-12(3)16-15(13)18(20)21/h4-5,10-11H,6-9H2,1-3H3/t10-,11+. The molecule has 1 saturated heterocycles. The highest BCUT2D eigenvalue weighted by Crippen LogP contribution is 2.25. The molecule has 0 aliphatic carbocycles. The van der Waals surface area contributed by atoms with Crippen LogP contribution in [-0.4, -0.2) is 40.4 Å². The Morgan fingerprint density at radius 2 is 2.05 bits per heavy atom. The maximum absolute atomic E-state index is 12.2. The smallest absolute Gasteiger partial charge is 0.406 e. The second kappa shape index (κ2) is 6.72. The van der Waals surface area contributed by atoms with E-state index in [1.807, 2.05) is 0 Å². The molecule has 0 unspecified atom stereocenters. The minimum atomic E-state index is -0.599. The minimum absolute atomic E-state index is 0.0297. The van der Waals surface area contributed by atoms with Crippen molar-refractivity contribution in [3.63, 3.8) is 0 Å². The fourth-order valence-corrected chi connectivity index (χ4v) is 2.87. The van der Waals surface area contributed by atoms with Crippen molar-refractivity contribution in [2.75, 3.05) is 19.7 Å². The van der Waals surface area contributed by atoms with Crippen molar-refractivity contribution in [1.29, 1.82) is 0 Å². The molecule has 0 spiro atoms. The fourth-order valence-electron chi connectivity index (χ4n) is 2.87. The summed E-state index contributed by atoms with van der Waals surface area (Å²) in [6.07, 6.45) is 1.11. The van der Waals surface area contributed by atoms with Crippen LogP contribution in [0.5, 0.6) is 5.75 Å². The van der Waals surface area contributed by atoms with Gasteiger partial charge in [0.2, 0.25) is 5.75 Å². The molecule has 0 saturated carbocycles. The fraction of sp³-hybridized carbons (Fsp3) is 0.600. The number of aromatic nitrogens is 1. The zero-order valence-corrected chi connectivity index (χ0v) is 13.1. The molecule has 1 aromatic heterocycles. The number of nitro groups is 1. The van der Waals surface area contributed by atoms with Crippen LogP contribution in [0.4, 0.5) is 5.82 Å². The van der Waals surface area contributed by atoms with Gasteiger partial charge in [-0.05, 0) is 40.3 Å². The highest BCUT2D eigenvalue weighted by Gasteiger charge is 2.26. The number of amides is 1. The quantitative estimate of drug-likeness (QED) is 0.628. The van der Waals surface area contributed by atoms with Gasteiger partial charge in [0.25, 0.3) is 5.91 Å². The van der Waals surface area contributed by atoms with Gasteiger partial charge in [-0.25, -0.2) is 0 Å². The molecule has 0 N–H and O–H groups in total. The highest BCUT2D eigenvalue weighted by atomic mass is 16.6. The number of piperidine rings is 1. The van der Waals surface area contributed by atoms with E-state index < -0.39 is 4.92 Å². The van der Waals surface area contributed by atoms with Gasteiger partial charge >= 0.3 is 5.82 Å². The molecular weight excluding hydrogens is 286 g/mol. The number of hydrogen-bond acceptors (Lipinski definition) is 5. The van der Waals surface area contributed by atoms with E-state index in [0.29, 0.717) is 30.6 Å². The molecular formula is C15H21N3O4. The molecule has 2 rings (SSSR count). The first-order chi connectivity index (χ1) is 10.4. The summed E-state index contributed by atoms with van der Waals surface area (Å²) in [5, 5.41) is 11.0. The lowest BCUT2D eigenvalue weighted by atomic mass is 9.92. The molecule has 7 nitrogen and oxygen atoms in total. The first-order valence-corrected chi connectivity index (χ1v) is 7.39. The van der Waals surface area contributed by atoms with Gasteiger partial charge in [-0.3, -0.25) is 4.79 Å². The van der Waals surface area contributed by atoms with E-state index in [0.717, 1.165) is 6.42 Å². The predicted molar refractivity (Wildman–Crippen MR) is 80.6 cm³/mol. The van der Waals surface area contributed by atoms with Crippen molar-refractivity contribution in [1.82, 2.24) is 9.88 Å². The average Bonchev–Trinajstić information content (AvgIpc) is 2.44. The number of likely N-dealkylation sites (tertiary alicyclic amines) is 1. The van der Waals surface area contributed by atoms with E-state index in [2.05, 4.69) is 18.8 Å². The first-order valence-electron chi connectivity index (χ1n) is 7.39. The van der Waals surface area contributed by atoms with Crippen molar-refractivity contribution in [3.05, 3.63) is 27.9 Å². The first kappa shape index (κ1) is 16.2. The van der Waals surface area contributed by atoms with E-state index in [1.54, 1.807) is 17.9 Å². The van der Waals surface area contributed by atoms with Crippen LogP contribution in [0.25, 0.3) is 0 Å². The van der Waals surface area contributed by atoms with E-state index in [-0.39, 0.29) is 24.1 Å².